The molecular formula is C14H18O3. The lowest BCUT2D eigenvalue weighted by molar-refractivity contribution is -0.146. The molecule has 0 bridgehead atoms. The Balaban J connectivity index is 1.95. The summed E-state index contributed by atoms with van der Waals surface area (Å²) >= 11 is 0. The second-order valence-corrected chi connectivity index (χ2v) is 4.66. The lowest BCUT2D eigenvalue weighted by Crippen LogP contribution is -2.22. The molecule has 0 aliphatic heterocycles. The van der Waals surface area contributed by atoms with Gasteiger partial charge in [0.25, 0.3) is 0 Å². The van der Waals surface area contributed by atoms with E-state index in [0.717, 1.165) is 25.7 Å². The number of hydrogen-bond donors (Lipinski definition) is 1. The van der Waals surface area contributed by atoms with Gasteiger partial charge in [0.2, 0.25) is 0 Å². The van der Waals surface area contributed by atoms with Crippen molar-refractivity contribution in [3.8, 4) is 5.75 Å². The van der Waals surface area contributed by atoms with Crippen LogP contribution < -0.4 is 0 Å². The number of phenolic OH excluding ortho intramolecular Hbond substituents is 1. The SMILES string of the molecule is COC(=O)C1CCC(c2ccc(O)cc2)CC1. The van der Waals surface area contributed by atoms with Crippen LogP contribution in [0.1, 0.15) is 37.2 Å². The largest absolute Gasteiger partial charge is 0.508 e. The number of benzene rings is 1. The monoisotopic (exact) mass is 234 g/mol. The van der Waals surface area contributed by atoms with Crippen molar-refractivity contribution in [2.45, 2.75) is 31.6 Å². The van der Waals surface area contributed by atoms with Crippen LogP contribution in [0.2, 0.25) is 0 Å². The fourth-order valence-corrected chi connectivity index (χ4v) is 2.58. The van der Waals surface area contributed by atoms with Crippen LogP contribution in [-0.4, -0.2) is 18.2 Å². The van der Waals surface area contributed by atoms with Gasteiger partial charge in [-0.15, -0.1) is 0 Å². The zero-order chi connectivity index (χ0) is 12.3. The highest BCUT2D eigenvalue weighted by molar-refractivity contribution is 5.72. The maximum Gasteiger partial charge on any atom is 0.308 e. The normalized spacial score (nSPS) is 24.3. The molecule has 1 fully saturated rings. The highest BCUT2D eigenvalue weighted by Gasteiger charge is 2.27. The molecule has 0 aromatic heterocycles. The molecule has 0 saturated heterocycles. The Hall–Kier alpha value is -1.51. The van der Waals surface area contributed by atoms with Gasteiger partial charge < -0.3 is 9.84 Å². The average Bonchev–Trinajstić information content (AvgIpc) is 2.39. The molecule has 1 saturated carbocycles. The van der Waals surface area contributed by atoms with Gasteiger partial charge in [-0.05, 0) is 49.3 Å². The lowest BCUT2D eigenvalue weighted by Gasteiger charge is -2.27. The number of rotatable bonds is 2. The molecule has 0 heterocycles. The summed E-state index contributed by atoms with van der Waals surface area (Å²) in [6.07, 6.45) is 3.84. The van der Waals surface area contributed by atoms with Crippen molar-refractivity contribution >= 4 is 5.97 Å². The molecule has 92 valence electrons. The lowest BCUT2D eigenvalue weighted by atomic mass is 9.79. The van der Waals surface area contributed by atoms with Crippen LogP contribution >= 0.6 is 0 Å². The molecule has 1 N–H and O–H groups in total. The molecule has 2 rings (SSSR count). The molecule has 0 spiro atoms. The van der Waals surface area contributed by atoms with Gasteiger partial charge in [0, 0.05) is 0 Å². The quantitative estimate of drug-likeness (QED) is 0.800. The summed E-state index contributed by atoms with van der Waals surface area (Å²) in [7, 11) is 1.45. The highest BCUT2D eigenvalue weighted by Crippen LogP contribution is 2.36. The molecule has 1 aromatic carbocycles. The van der Waals surface area contributed by atoms with E-state index in [0.29, 0.717) is 11.7 Å². The zero-order valence-corrected chi connectivity index (χ0v) is 10.1. The van der Waals surface area contributed by atoms with Crippen molar-refractivity contribution in [3.63, 3.8) is 0 Å². The van der Waals surface area contributed by atoms with Gasteiger partial charge in [0.1, 0.15) is 5.75 Å². The molecule has 0 atom stereocenters. The van der Waals surface area contributed by atoms with Crippen LogP contribution in [-0.2, 0) is 9.53 Å². The molecule has 0 unspecified atom stereocenters. The Morgan fingerprint density at radius 3 is 2.29 bits per heavy atom. The van der Waals surface area contributed by atoms with Gasteiger partial charge in [0.15, 0.2) is 0 Å². The number of phenols is 1. The first-order chi connectivity index (χ1) is 8.20. The van der Waals surface area contributed by atoms with Crippen molar-refractivity contribution in [1.82, 2.24) is 0 Å². The molecule has 1 aromatic rings. The van der Waals surface area contributed by atoms with E-state index in [2.05, 4.69) is 0 Å². The van der Waals surface area contributed by atoms with Gasteiger partial charge in [-0.1, -0.05) is 12.1 Å². The van der Waals surface area contributed by atoms with Crippen molar-refractivity contribution in [3.05, 3.63) is 29.8 Å². The second kappa shape index (κ2) is 5.21. The van der Waals surface area contributed by atoms with Crippen molar-refractivity contribution in [1.29, 1.82) is 0 Å². The van der Waals surface area contributed by atoms with Crippen LogP contribution in [0.15, 0.2) is 24.3 Å². The minimum Gasteiger partial charge on any atom is -0.508 e. The summed E-state index contributed by atoms with van der Waals surface area (Å²) in [4.78, 5) is 11.4. The molecule has 0 radical (unpaired) electrons. The number of carbonyl (C=O) groups excluding carboxylic acids is 1. The van der Waals surface area contributed by atoms with Crippen LogP contribution in [0.25, 0.3) is 0 Å². The number of aromatic hydroxyl groups is 1. The Morgan fingerprint density at radius 2 is 1.76 bits per heavy atom. The fourth-order valence-electron chi connectivity index (χ4n) is 2.58. The van der Waals surface area contributed by atoms with E-state index in [9.17, 15) is 9.90 Å². The summed E-state index contributed by atoms with van der Waals surface area (Å²) in [6, 6.07) is 7.39. The molecule has 3 nitrogen and oxygen atoms in total. The van der Waals surface area contributed by atoms with Gasteiger partial charge >= 0.3 is 5.97 Å². The Kier molecular flexibility index (Phi) is 3.67. The third-order valence-electron chi connectivity index (χ3n) is 3.63. The van der Waals surface area contributed by atoms with Crippen molar-refractivity contribution in [2.75, 3.05) is 7.11 Å². The molecule has 0 amide bonds. The molecule has 17 heavy (non-hydrogen) atoms. The van der Waals surface area contributed by atoms with E-state index in [4.69, 9.17) is 4.74 Å². The van der Waals surface area contributed by atoms with E-state index in [1.54, 1.807) is 12.1 Å². The Bertz CT molecular complexity index is 375. The molecule has 1 aliphatic carbocycles. The summed E-state index contributed by atoms with van der Waals surface area (Å²) in [6.45, 7) is 0. The predicted octanol–water partition coefficient (Wildman–Crippen LogP) is 2.84. The Labute approximate surface area is 101 Å². The summed E-state index contributed by atoms with van der Waals surface area (Å²) < 4.78 is 4.77. The minimum atomic E-state index is -0.0749. The smallest absolute Gasteiger partial charge is 0.308 e. The first-order valence-corrected chi connectivity index (χ1v) is 6.07. The van der Waals surface area contributed by atoms with Crippen LogP contribution in [0, 0.1) is 5.92 Å². The standard InChI is InChI=1S/C14H18O3/c1-17-14(16)12-4-2-10(3-5-12)11-6-8-13(15)9-7-11/h6-10,12,15H,2-5H2,1H3. The molecule has 1 aliphatic rings. The number of ether oxygens (including phenoxy) is 1. The maximum atomic E-state index is 11.4. The zero-order valence-electron chi connectivity index (χ0n) is 10.1. The average molecular weight is 234 g/mol. The van der Waals surface area contributed by atoms with Crippen LogP contribution in [0.4, 0.5) is 0 Å². The number of esters is 1. The molecule has 3 heteroatoms. The van der Waals surface area contributed by atoms with E-state index in [1.165, 1.54) is 12.7 Å². The first kappa shape index (κ1) is 12.0. The fraction of sp³-hybridized carbons (Fsp3) is 0.500. The predicted molar refractivity (Wildman–Crippen MR) is 64.8 cm³/mol. The summed E-state index contributed by atoms with van der Waals surface area (Å²) in [5, 5.41) is 9.24. The van der Waals surface area contributed by atoms with Gasteiger partial charge in [-0.3, -0.25) is 4.79 Å². The summed E-state index contributed by atoms with van der Waals surface area (Å²) in [5.74, 6) is 0.816. The van der Waals surface area contributed by atoms with Crippen LogP contribution in [0.3, 0.4) is 0 Å². The topological polar surface area (TPSA) is 46.5 Å². The Morgan fingerprint density at radius 1 is 1.18 bits per heavy atom. The van der Waals surface area contributed by atoms with Crippen LogP contribution in [0.5, 0.6) is 5.75 Å². The van der Waals surface area contributed by atoms with Gasteiger partial charge in [0.05, 0.1) is 13.0 Å². The third kappa shape index (κ3) is 2.78. The van der Waals surface area contributed by atoms with Crippen molar-refractivity contribution in [2.24, 2.45) is 5.92 Å². The highest BCUT2D eigenvalue weighted by atomic mass is 16.5. The third-order valence-corrected chi connectivity index (χ3v) is 3.63. The number of methoxy groups -OCH3 is 1. The van der Waals surface area contributed by atoms with Gasteiger partial charge in [-0.25, -0.2) is 0 Å². The van der Waals surface area contributed by atoms with Gasteiger partial charge in [-0.2, -0.15) is 0 Å². The van der Waals surface area contributed by atoms with E-state index < -0.39 is 0 Å². The number of carbonyl (C=O) groups is 1. The molecular weight excluding hydrogens is 216 g/mol. The summed E-state index contributed by atoms with van der Waals surface area (Å²) in [5.41, 5.74) is 1.26. The van der Waals surface area contributed by atoms with Crippen molar-refractivity contribution < 1.29 is 14.6 Å². The second-order valence-electron chi connectivity index (χ2n) is 4.66. The first-order valence-electron chi connectivity index (χ1n) is 6.07. The minimum absolute atomic E-state index is 0.0749. The number of hydrogen-bond acceptors (Lipinski definition) is 3. The van der Waals surface area contributed by atoms with E-state index in [1.807, 2.05) is 12.1 Å². The van der Waals surface area contributed by atoms with E-state index >= 15 is 0 Å². The van der Waals surface area contributed by atoms with E-state index in [-0.39, 0.29) is 11.9 Å². The maximum absolute atomic E-state index is 11.4.